The predicted octanol–water partition coefficient (Wildman–Crippen LogP) is 7.16. The Morgan fingerprint density at radius 3 is 1.90 bits per heavy atom. The standard InChI is InChI=1S/C25H19FO2S2/c1-4-24(27)29-20-11-9-18(10-12-20)17-5-7-19(8-6-17)22-14-13-21(15-23(22)26)30-25(28)16(2)3/h4-15H,1-2H2,3H3. The summed E-state index contributed by atoms with van der Waals surface area (Å²) in [5.41, 5.74) is 3.65. The van der Waals surface area contributed by atoms with Crippen LogP contribution in [0.3, 0.4) is 0 Å². The molecule has 0 unspecified atom stereocenters. The molecule has 0 atom stereocenters. The van der Waals surface area contributed by atoms with E-state index in [1.807, 2.05) is 48.5 Å². The first kappa shape index (κ1) is 21.8. The SMILES string of the molecule is C=CC(=O)Sc1ccc(-c2ccc(-c3ccc(SC(=O)C(=C)C)cc3F)cc2)cc1. The molecule has 0 radical (unpaired) electrons. The second-order valence-electron chi connectivity index (χ2n) is 6.54. The summed E-state index contributed by atoms with van der Waals surface area (Å²) >= 11 is 2.10. The summed E-state index contributed by atoms with van der Waals surface area (Å²) in [6.45, 7) is 8.71. The summed E-state index contributed by atoms with van der Waals surface area (Å²) < 4.78 is 14.6. The van der Waals surface area contributed by atoms with Crippen LogP contribution >= 0.6 is 23.5 Å². The van der Waals surface area contributed by atoms with Crippen molar-refractivity contribution in [3.8, 4) is 22.3 Å². The fourth-order valence-corrected chi connectivity index (χ4v) is 3.98. The summed E-state index contributed by atoms with van der Waals surface area (Å²) in [5, 5.41) is -0.271. The van der Waals surface area contributed by atoms with Gasteiger partial charge in [-0.2, -0.15) is 0 Å². The number of halogens is 1. The van der Waals surface area contributed by atoms with E-state index in [0.29, 0.717) is 16.0 Å². The van der Waals surface area contributed by atoms with Crippen molar-refractivity contribution in [3.63, 3.8) is 0 Å². The fourth-order valence-electron chi connectivity index (χ4n) is 2.70. The van der Waals surface area contributed by atoms with E-state index in [1.54, 1.807) is 19.1 Å². The van der Waals surface area contributed by atoms with Crippen LogP contribution in [0.4, 0.5) is 4.39 Å². The van der Waals surface area contributed by atoms with Gasteiger partial charge < -0.3 is 0 Å². The highest BCUT2D eigenvalue weighted by molar-refractivity contribution is 8.14. The molecule has 0 aliphatic carbocycles. The van der Waals surface area contributed by atoms with Gasteiger partial charge in [0.2, 0.25) is 10.2 Å². The van der Waals surface area contributed by atoms with Gasteiger partial charge >= 0.3 is 0 Å². The van der Waals surface area contributed by atoms with Crippen molar-refractivity contribution in [2.24, 2.45) is 0 Å². The summed E-state index contributed by atoms with van der Waals surface area (Å²) in [6, 6.07) is 20.0. The number of thioether (sulfide) groups is 2. The van der Waals surface area contributed by atoms with Gasteiger partial charge in [0.05, 0.1) is 0 Å². The predicted molar refractivity (Wildman–Crippen MR) is 124 cm³/mol. The number of carbonyl (C=O) groups is 2. The molecule has 0 aromatic heterocycles. The van der Waals surface area contributed by atoms with E-state index in [0.717, 1.165) is 45.1 Å². The van der Waals surface area contributed by atoms with Gasteiger partial charge in [-0.25, -0.2) is 4.39 Å². The molecule has 30 heavy (non-hydrogen) atoms. The van der Waals surface area contributed by atoms with Crippen molar-refractivity contribution in [2.75, 3.05) is 0 Å². The maximum atomic E-state index is 14.6. The van der Waals surface area contributed by atoms with Crippen LogP contribution in [-0.2, 0) is 9.59 Å². The van der Waals surface area contributed by atoms with Crippen LogP contribution in [0, 0.1) is 5.82 Å². The van der Waals surface area contributed by atoms with E-state index in [2.05, 4.69) is 13.2 Å². The van der Waals surface area contributed by atoms with Gasteiger partial charge in [0, 0.05) is 15.4 Å². The van der Waals surface area contributed by atoms with Gasteiger partial charge in [-0.3, -0.25) is 9.59 Å². The zero-order chi connectivity index (χ0) is 21.7. The molecule has 0 amide bonds. The average molecular weight is 435 g/mol. The van der Waals surface area contributed by atoms with Crippen LogP contribution in [0.15, 0.2) is 101 Å². The molecule has 3 aromatic rings. The summed E-state index contributed by atoms with van der Waals surface area (Å²) in [7, 11) is 0. The first-order valence-electron chi connectivity index (χ1n) is 9.09. The quantitative estimate of drug-likeness (QED) is 0.304. The molecule has 0 aliphatic heterocycles. The number of benzene rings is 3. The zero-order valence-corrected chi connectivity index (χ0v) is 18.0. The van der Waals surface area contributed by atoms with Gasteiger partial charge in [-0.1, -0.05) is 55.6 Å². The first-order valence-corrected chi connectivity index (χ1v) is 10.7. The lowest BCUT2D eigenvalue weighted by Crippen LogP contribution is -1.92. The summed E-state index contributed by atoms with van der Waals surface area (Å²) in [5.74, 6) is -0.379. The Balaban J connectivity index is 1.77. The van der Waals surface area contributed by atoms with Crippen LogP contribution in [-0.4, -0.2) is 10.2 Å². The average Bonchev–Trinajstić information content (AvgIpc) is 2.74. The molecule has 0 N–H and O–H groups in total. The van der Waals surface area contributed by atoms with E-state index in [1.165, 1.54) is 12.1 Å². The lowest BCUT2D eigenvalue weighted by atomic mass is 10.00. The van der Waals surface area contributed by atoms with Crippen LogP contribution < -0.4 is 0 Å². The third-order valence-corrected chi connectivity index (χ3v) is 6.17. The molecule has 0 bridgehead atoms. The van der Waals surface area contributed by atoms with Crippen molar-refractivity contribution >= 4 is 33.8 Å². The molecule has 0 saturated heterocycles. The van der Waals surface area contributed by atoms with Gasteiger partial charge in [0.15, 0.2) is 0 Å². The lowest BCUT2D eigenvalue weighted by Gasteiger charge is -2.08. The van der Waals surface area contributed by atoms with E-state index in [-0.39, 0.29) is 16.0 Å². The minimum Gasteiger partial charge on any atom is -0.282 e. The molecule has 2 nitrogen and oxygen atoms in total. The Bertz CT molecular complexity index is 1120. The smallest absolute Gasteiger partial charge is 0.219 e. The Kier molecular flexibility index (Phi) is 7.08. The number of hydrogen-bond donors (Lipinski definition) is 0. The Labute approximate surface area is 183 Å². The van der Waals surface area contributed by atoms with Gasteiger partial charge in [0.1, 0.15) is 5.82 Å². The largest absolute Gasteiger partial charge is 0.282 e. The molecule has 150 valence electrons. The van der Waals surface area contributed by atoms with E-state index < -0.39 is 0 Å². The maximum Gasteiger partial charge on any atom is 0.219 e. The zero-order valence-electron chi connectivity index (χ0n) is 16.4. The fraction of sp³-hybridized carbons (Fsp3) is 0.0400. The second-order valence-corrected chi connectivity index (χ2v) is 8.66. The third-order valence-electron chi connectivity index (χ3n) is 4.27. The molecule has 0 heterocycles. The number of rotatable bonds is 6. The topological polar surface area (TPSA) is 34.1 Å². The maximum absolute atomic E-state index is 14.6. The monoisotopic (exact) mass is 434 g/mol. The first-order chi connectivity index (χ1) is 14.4. The van der Waals surface area contributed by atoms with Crippen molar-refractivity contribution in [1.29, 1.82) is 0 Å². The molecule has 0 aliphatic rings. The Morgan fingerprint density at radius 2 is 1.37 bits per heavy atom. The van der Waals surface area contributed by atoms with E-state index in [9.17, 15) is 14.0 Å². The van der Waals surface area contributed by atoms with Gasteiger partial charge in [-0.05, 0) is 83.1 Å². The Morgan fingerprint density at radius 1 is 0.833 bits per heavy atom. The molecule has 0 fully saturated rings. The minimum absolute atomic E-state index is 0.0949. The minimum atomic E-state index is -0.379. The highest BCUT2D eigenvalue weighted by Crippen LogP contribution is 2.31. The molecule has 3 aromatic carbocycles. The van der Waals surface area contributed by atoms with E-state index in [4.69, 9.17) is 0 Å². The molecular weight excluding hydrogens is 415 g/mol. The van der Waals surface area contributed by atoms with Crippen molar-refractivity contribution in [2.45, 2.75) is 16.7 Å². The summed E-state index contributed by atoms with van der Waals surface area (Å²) in [6.07, 6.45) is 1.29. The summed E-state index contributed by atoms with van der Waals surface area (Å²) in [4.78, 5) is 24.6. The number of carbonyl (C=O) groups excluding carboxylic acids is 2. The molecule has 0 spiro atoms. The second kappa shape index (κ2) is 9.74. The number of hydrogen-bond acceptors (Lipinski definition) is 4. The third kappa shape index (κ3) is 5.38. The van der Waals surface area contributed by atoms with Crippen LogP contribution in [0.25, 0.3) is 22.3 Å². The lowest BCUT2D eigenvalue weighted by molar-refractivity contribution is -0.108. The van der Waals surface area contributed by atoms with E-state index >= 15 is 0 Å². The molecule has 3 rings (SSSR count). The van der Waals surface area contributed by atoms with Crippen LogP contribution in [0.5, 0.6) is 0 Å². The molecule has 0 saturated carbocycles. The highest BCUT2D eigenvalue weighted by atomic mass is 32.2. The molecular formula is C25H19FO2S2. The van der Waals surface area contributed by atoms with Crippen LogP contribution in [0.1, 0.15) is 6.92 Å². The normalized spacial score (nSPS) is 10.5. The van der Waals surface area contributed by atoms with Crippen LogP contribution in [0.2, 0.25) is 0 Å². The van der Waals surface area contributed by atoms with Crippen molar-refractivity contribution in [3.05, 3.63) is 97.4 Å². The Hall–Kier alpha value is -2.89. The highest BCUT2D eigenvalue weighted by Gasteiger charge is 2.11. The van der Waals surface area contributed by atoms with Crippen molar-refractivity contribution < 1.29 is 14.0 Å². The van der Waals surface area contributed by atoms with Crippen molar-refractivity contribution in [1.82, 2.24) is 0 Å². The van der Waals surface area contributed by atoms with Gasteiger partial charge in [-0.15, -0.1) is 0 Å². The molecule has 5 heteroatoms. The van der Waals surface area contributed by atoms with Gasteiger partial charge in [0.25, 0.3) is 0 Å².